The third kappa shape index (κ3) is 1.21. The summed E-state index contributed by atoms with van der Waals surface area (Å²) in [6.07, 6.45) is 4.45. The summed E-state index contributed by atoms with van der Waals surface area (Å²) in [5.74, 6) is -0.369. The van der Waals surface area contributed by atoms with E-state index in [9.17, 15) is 14.4 Å². The Labute approximate surface area is 139 Å². The summed E-state index contributed by atoms with van der Waals surface area (Å²) in [4.78, 5) is 38.8. The van der Waals surface area contributed by atoms with Crippen molar-refractivity contribution in [2.75, 3.05) is 0 Å². The van der Waals surface area contributed by atoms with Gasteiger partial charge in [0.25, 0.3) is 0 Å². The third-order valence-electron chi connectivity index (χ3n) is 6.96. The number of benzene rings is 1. The molecule has 2 aliphatic heterocycles. The van der Waals surface area contributed by atoms with Crippen molar-refractivity contribution in [3.8, 4) is 0 Å². The van der Waals surface area contributed by atoms with E-state index < -0.39 is 16.6 Å². The largest absolute Gasteiger partial charge is 0.354 e. The molecule has 24 heavy (non-hydrogen) atoms. The first-order chi connectivity index (χ1) is 11.4. The van der Waals surface area contributed by atoms with Crippen molar-refractivity contribution >= 4 is 17.9 Å². The maximum Gasteiger partial charge on any atom is 0.201 e. The molecule has 0 aromatic heterocycles. The lowest BCUT2D eigenvalue weighted by molar-refractivity contribution is -0.219. The highest BCUT2D eigenvalue weighted by atomic mass is 16.5. The van der Waals surface area contributed by atoms with Gasteiger partial charge < -0.3 is 9.53 Å². The van der Waals surface area contributed by atoms with Gasteiger partial charge in [0.15, 0.2) is 11.4 Å². The van der Waals surface area contributed by atoms with Crippen LogP contribution in [0.5, 0.6) is 0 Å². The van der Waals surface area contributed by atoms with Crippen molar-refractivity contribution in [3.63, 3.8) is 0 Å². The van der Waals surface area contributed by atoms with Crippen LogP contribution < -0.4 is 0 Å². The minimum atomic E-state index is -1.47. The highest BCUT2D eigenvalue weighted by Crippen LogP contribution is 2.68. The van der Waals surface area contributed by atoms with E-state index in [1.54, 1.807) is 31.2 Å². The number of Topliss-reactive ketones (excluding diaryl/α,β-unsaturated/α-hetero) is 2. The number of rotatable bonds is 1. The first kappa shape index (κ1) is 14.3. The summed E-state index contributed by atoms with van der Waals surface area (Å²) in [5.41, 5.74) is -1.78. The highest BCUT2D eigenvalue weighted by Gasteiger charge is 2.76. The molecular weight excluding hydrogens is 304 g/mol. The van der Waals surface area contributed by atoms with Gasteiger partial charge in [0.2, 0.25) is 5.78 Å². The van der Waals surface area contributed by atoms with E-state index in [1.807, 2.05) is 13.0 Å². The van der Waals surface area contributed by atoms with E-state index >= 15 is 0 Å². The quantitative estimate of drug-likeness (QED) is 0.746. The fourth-order valence-corrected chi connectivity index (χ4v) is 5.69. The molecule has 5 atom stereocenters. The molecule has 2 fully saturated rings. The van der Waals surface area contributed by atoms with Crippen LogP contribution in [0.2, 0.25) is 0 Å². The van der Waals surface area contributed by atoms with Crippen LogP contribution in [0.4, 0.5) is 0 Å². The zero-order valence-corrected chi connectivity index (χ0v) is 13.7. The van der Waals surface area contributed by atoms with E-state index in [0.717, 1.165) is 19.1 Å². The fraction of sp³-hybridized carbons (Fsp3) is 0.450. The van der Waals surface area contributed by atoms with Crippen molar-refractivity contribution in [2.24, 2.45) is 17.3 Å². The molecule has 4 heteroatoms. The van der Waals surface area contributed by atoms with Crippen LogP contribution in [-0.4, -0.2) is 29.1 Å². The predicted molar refractivity (Wildman–Crippen MR) is 85.8 cm³/mol. The van der Waals surface area contributed by atoms with E-state index in [2.05, 4.69) is 0 Å². The molecule has 1 saturated carbocycles. The maximum atomic E-state index is 13.5. The minimum absolute atomic E-state index is 0.00610. The standard InChI is InChI=1S/C20H18O4/c1-18(10-21)13-7-8-19(2)14(13)9-15-16(22)11-5-3-4-6-12(11)17(23)20(15,18)24-19/h3-6,9-10,13-14H,7-8H2,1-2H3/t13-,14?,18+,19+,20-/m0/s1. The molecule has 0 amide bonds. The summed E-state index contributed by atoms with van der Waals surface area (Å²) in [6.45, 7) is 3.81. The zero-order valence-electron chi connectivity index (χ0n) is 13.7. The zero-order chi connectivity index (χ0) is 16.9. The van der Waals surface area contributed by atoms with E-state index in [0.29, 0.717) is 16.7 Å². The Kier molecular flexibility index (Phi) is 2.35. The average Bonchev–Trinajstić information content (AvgIpc) is 2.90. The Balaban J connectivity index is 1.89. The van der Waals surface area contributed by atoms with Gasteiger partial charge >= 0.3 is 0 Å². The molecule has 1 aromatic rings. The van der Waals surface area contributed by atoms with Crippen LogP contribution in [0.25, 0.3) is 0 Å². The summed E-state index contributed by atoms with van der Waals surface area (Å²) < 4.78 is 6.43. The Morgan fingerprint density at radius 1 is 1.17 bits per heavy atom. The van der Waals surface area contributed by atoms with Gasteiger partial charge in [-0.1, -0.05) is 30.3 Å². The average molecular weight is 322 g/mol. The molecule has 6 rings (SSSR count). The number of aldehydes is 1. The lowest BCUT2D eigenvalue weighted by Crippen LogP contribution is -2.72. The van der Waals surface area contributed by atoms with Gasteiger partial charge in [-0.3, -0.25) is 9.59 Å². The molecule has 1 spiro atoms. The van der Waals surface area contributed by atoms with Gasteiger partial charge in [-0.15, -0.1) is 0 Å². The van der Waals surface area contributed by atoms with E-state index in [4.69, 9.17) is 4.74 Å². The summed E-state index contributed by atoms with van der Waals surface area (Å²) in [6, 6.07) is 6.85. The molecule has 0 N–H and O–H groups in total. The lowest BCUT2D eigenvalue weighted by Gasteiger charge is -2.61. The Hall–Kier alpha value is -2.07. The molecule has 3 aliphatic carbocycles. The predicted octanol–water partition coefficient (Wildman–Crippen LogP) is 2.76. The van der Waals surface area contributed by atoms with Gasteiger partial charge in [-0.2, -0.15) is 0 Å². The summed E-state index contributed by atoms with van der Waals surface area (Å²) in [5, 5.41) is 0. The fourth-order valence-electron chi connectivity index (χ4n) is 5.69. The number of hydrogen-bond acceptors (Lipinski definition) is 4. The molecule has 4 bridgehead atoms. The smallest absolute Gasteiger partial charge is 0.201 e. The van der Waals surface area contributed by atoms with Gasteiger partial charge in [-0.25, -0.2) is 0 Å². The number of carbonyl (C=O) groups is 3. The molecule has 5 aliphatic rings. The number of hydrogen-bond donors (Lipinski definition) is 0. The molecule has 122 valence electrons. The minimum Gasteiger partial charge on any atom is -0.354 e. The van der Waals surface area contributed by atoms with Crippen molar-refractivity contribution in [1.29, 1.82) is 0 Å². The highest BCUT2D eigenvalue weighted by molar-refractivity contribution is 6.28. The van der Waals surface area contributed by atoms with Gasteiger partial charge in [0.1, 0.15) is 6.29 Å². The van der Waals surface area contributed by atoms with Crippen LogP contribution in [0.3, 0.4) is 0 Å². The van der Waals surface area contributed by atoms with E-state index in [1.165, 1.54) is 0 Å². The third-order valence-corrected chi connectivity index (χ3v) is 6.96. The molecular formula is C20H18O4. The number of ether oxygens (including phenoxy) is 1. The van der Waals surface area contributed by atoms with Crippen molar-refractivity contribution < 1.29 is 19.1 Å². The summed E-state index contributed by atoms with van der Waals surface area (Å²) in [7, 11) is 0. The van der Waals surface area contributed by atoms with Crippen LogP contribution >= 0.6 is 0 Å². The van der Waals surface area contributed by atoms with Gasteiger partial charge in [0.05, 0.1) is 11.0 Å². The molecule has 2 heterocycles. The molecule has 1 aromatic carbocycles. The molecule has 1 saturated heterocycles. The topological polar surface area (TPSA) is 60.4 Å². The Morgan fingerprint density at radius 2 is 1.88 bits per heavy atom. The molecule has 4 nitrogen and oxygen atoms in total. The Bertz CT molecular complexity index is 868. The van der Waals surface area contributed by atoms with Crippen LogP contribution in [0, 0.1) is 17.3 Å². The monoisotopic (exact) mass is 322 g/mol. The molecule has 0 radical (unpaired) electrons. The lowest BCUT2D eigenvalue weighted by atomic mass is 9.49. The van der Waals surface area contributed by atoms with Crippen molar-refractivity contribution in [1.82, 2.24) is 0 Å². The second-order valence-electron chi connectivity index (χ2n) is 7.95. The van der Waals surface area contributed by atoms with Crippen molar-refractivity contribution in [3.05, 3.63) is 47.0 Å². The second kappa shape index (κ2) is 3.94. The number of carbonyl (C=O) groups excluding carboxylic acids is 3. The van der Waals surface area contributed by atoms with Crippen molar-refractivity contribution in [2.45, 2.75) is 37.9 Å². The number of fused-ring (bicyclic) bond motifs is 1. The van der Waals surface area contributed by atoms with Crippen LogP contribution in [-0.2, 0) is 9.53 Å². The first-order valence-corrected chi connectivity index (χ1v) is 8.46. The molecule has 1 unspecified atom stereocenters. The second-order valence-corrected chi connectivity index (χ2v) is 7.95. The summed E-state index contributed by atoms with van der Waals surface area (Å²) >= 11 is 0. The van der Waals surface area contributed by atoms with Gasteiger partial charge in [0, 0.05) is 22.6 Å². The van der Waals surface area contributed by atoms with Crippen LogP contribution in [0.1, 0.15) is 47.4 Å². The maximum absolute atomic E-state index is 13.5. The van der Waals surface area contributed by atoms with E-state index in [-0.39, 0.29) is 23.4 Å². The SMILES string of the molecule is C[C@@]12CC[C@H]3C1C=C1C(=O)c4ccccc4C(=O)[C@]1(O2)[C@]3(C)C=O. The normalized spacial score (nSPS) is 44.8. The number of ketones is 2. The Morgan fingerprint density at radius 3 is 2.58 bits per heavy atom. The van der Waals surface area contributed by atoms with Crippen LogP contribution in [0.15, 0.2) is 35.9 Å². The first-order valence-electron chi connectivity index (χ1n) is 8.46. The van der Waals surface area contributed by atoms with Gasteiger partial charge in [-0.05, 0) is 32.6 Å².